The Bertz CT molecular complexity index is 827. The van der Waals surface area contributed by atoms with E-state index in [2.05, 4.69) is 6.58 Å². The molecular formula is C16H11NO2. The van der Waals surface area contributed by atoms with Gasteiger partial charge < -0.3 is 0 Å². The third-order valence-corrected chi connectivity index (χ3v) is 3.23. The molecule has 3 rings (SSSR count). The van der Waals surface area contributed by atoms with Gasteiger partial charge in [0, 0.05) is 16.3 Å². The van der Waals surface area contributed by atoms with Gasteiger partial charge in [-0.2, -0.15) is 0 Å². The van der Waals surface area contributed by atoms with E-state index in [9.17, 15) is 9.59 Å². The van der Waals surface area contributed by atoms with Crippen LogP contribution in [0.5, 0.6) is 0 Å². The molecule has 0 bridgehead atoms. The van der Waals surface area contributed by atoms with E-state index in [0.29, 0.717) is 5.56 Å². The predicted molar refractivity (Wildman–Crippen MR) is 75.7 cm³/mol. The first-order valence-electron chi connectivity index (χ1n) is 5.91. The van der Waals surface area contributed by atoms with Crippen LogP contribution in [-0.4, -0.2) is 16.8 Å². The van der Waals surface area contributed by atoms with Gasteiger partial charge in [-0.05, 0) is 30.3 Å². The molecule has 92 valence electrons. The molecule has 3 aromatic rings. The van der Waals surface area contributed by atoms with Crippen LogP contribution in [0.4, 0.5) is 0 Å². The molecule has 1 aromatic heterocycles. The third-order valence-electron chi connectivity index (χ3n) is 3.23. The fourth-order valence-corrected chi connectivity index (χ4v) is 2.39. The zero-order valence-corrected chi connectivity index (χ0v) is 10.2. The average molecular weight is 249 g/mol. The smallest absolute Gasteiger partial charge is 0.254 e. The zero-order valence-electron chi connectivity index (χ0n) is 10.2. The number of rotatable bonds is 2. The second-order valence-corrected chi connectivity index (χ2v) is 4.29. The van der Waals surface area contributed by atoms with Crippen molar-refractivity contribution >= 4 is 34.0 Å². The summed E-state index contributed by atoms with van der Waals surface area (Å²) in [5.74, 6) is -0.176. The number of para-hydroxylation sites is 1. The number of carbonyl (C=O) groups is 2. The SMILES string of the molecule is C=CC(=O)n1c2ccccc2c2cc(C=O)ccc21. The number of carbonyl (C=O) groups excluding carboxylic acids is 2. The number of allylic oxidation sites excluding steroid dienone is 1. The minimum atomic E-state index is -0.176. The summed E-state index contributed by atoms with van der Waals surface area (Å²) in [6, 6.07) is 12.9. The molecule has 0 amide bonds. The Labute approximate surface area is 109 Å². The molecule has 0 saturated heterocycles. The van der Waals surface area contributed by atoms with Gasteiger partial charge in [0.05, 0.1) is 11.0 Å². The Morgan fingerprint density at radius 2 is 1.79 bits per heavy atom. The number of benzene rings is 2. The van der Waals surface area contributed by atoms with Crippen molar-refractivity contribution in [1.29, 1.82) is 0 Å². The molecule has 0 fully saturated rings. The molecule has 3 nitrogen and oxygen atoms in total. The van der Waals surface area contributed by atoms with Gasteiger partial charge in [0.15, 0.2) is 0 Å². The standard InChI is InChI=1S/C16H11NO2/c1-2-16(19)17-14-6-4-3-5-12(14)13-9-11(10-18)7-8-15(13)17/h2-10H,1H2. The quantitative estimate of drug-likeness (QED) is 0.515. The maximum Gasteiger partial charge on any atom is 0.254 e. The summed E-state index contributed by atoms with van der Waals surface area (Å²) in [5, 5.41) is 1.85. The summed E-state index contributed by atoms with van der Waals surface area (Å²) in [6.07, 6.45) is 2.10. The van der Waals surface area contributed by atoms with Crippen molar-refractivity contribution < 1.29 is 9.59 Å². The maximum atomic E-state index is 12.0. The van der Waals surface area contributed by atoms with E-state index in [-0.39, 0.29) is 5.91 Å². The van der Waals surface area contributed by atoms with Crippen molar-refractivity contribution in [3.8, 4) is 0 Å². The van der Waals surface area contributed by atoms with E-state index in [1.54, 1.807) is 22.8 Å². The highest BCUT2D eigenvalue weighted by molar-refractivity contribution is 6.15. The van der Waals surface area contributed by atoms with Gasteiger partial charge >= 0.3 is 0 Å². The summed E-state index contributed by atoms with van der Waals surface area (Å²) in [7, 11) is 0. The van der Waals surface area contributed by atoms with Crippen LogP contribution in [0.3, 0.4) is 0 Å². The van der Waals surface area contributed by atoms with Crippen LogP contribution in [0, 0.1) is 0 Å². The lowest BCUT2D eigenvalue weighted by atomic mass is 10.1. The van der Waals surface area contributed by atoms with E-state index < -0.39 is 0 Å². The predicted octanol–water partition coefficient (Wildman–Crippen LogP) is 3.43. The van der Waals surface area contributed by atoms with Gasteiger partial charge in [-0.1, -0.05) is 24.8 Å². The molecule has 0 spiro atoms. The zero-order chi connectivity index (χ0) is 13.4. The summed E-state index contributed by atoms with van der Waals surface area (Å²) in [4.78, 5) is 22.9. The van der Waals surface area contributed by atoms with Crippen molar-refractivity contribution in [2.24, 2.45) is 0 Å². The first-order valence-corrected chi connectivity index (χ1v) is 5.91. The molecule has 0 radical (unpaired) electrons. The largest absolute Gasteiger partial charge is 0.298 e. The lowest BCUT2D eigenvalue weighted by molar-refractivity contribution is 0.0978. The summed E-state index contributed by atoms with van der Waals surface area (Å²) in [6.45, 7) is 3.54. The molecule has 19 heavy (non-hydrogen) atoms. The van der Waals surface area contributed by atoms with Gasteiger partial charge in [-0.25, -0.2) is 0 Å². The van der Waals surface area contributed by atoms with E-state index in [1.807, 2.05) is 24.3 Å². The van der Waals surface area contributed by atoms with E-state index in [4.69, 9.17) is 0 Å². The number of hydrogen-bond donors (Lipinski definition) is 0. The lowest BCUT2D eigenvalue weighted by Crippen LogP contribution is -2.05. The fourth-order valence-electron chi connectivity index (χ4n) is 2.39. The first-order chi connectivity index (χ1) is 9.26. The maximum absolute atomic E-state index is 12.0. The molecule has 1 heterocycles. The molecule has 3 heteroatoms. The van der Waals surface area contributed by atoms with Crippen LogP contribution in [0.25, 0.3) is 21.8 Å². The Hall–Kier alpha value is -2.68. The number of fused-ring (bicyclic) bond motifs is 3. The number of hydrogen-bond acceptors (Lipinski definition) is 2. The van der Waals surface area contributed by atoms with Gasteiger partial charge in [-0.15, -0.1) is 0 Å². The summed E-state index contributed by atoms with van der Waals surface area (Å²) < 4.78 is 1.62. The third kappa shape index (κ3) is 1.59. The second-order valence-electron chi connectivity index (χ2n) is 4.29. The molecule has 0 unspecified atom stereocenters. The van der Waals surface area contributed by atoms with Gasteiger partial charge in [0.2, 0.25) is 0 Å². The molecule has 0 aliphatic heterocycles. The van der Waals surface area contributed by atoms with Gasteiger partial charge in [-0.3, -0.25) is 14.2 Å². The normalized spacial score (nSPS) is 10.7. The fraction of sp³-hybridized carbons (Fsp3) is 0. The Morgan fingerprint density at radius 1 is 1.05 bits per heavy atom. The van der Waals surface area contributed by atoms with Crippen LogP contribution < -0.4 is 0 Å². The van der Waals surface area contributed by atoms with Gasteiger partial charge in [0.25, 0.3) is 5.91 Å². The van der Waals surface area contributed by atoms with Crippen LogP contribution in [0.2, 0.25) is 0 Å². The van der Waals surface area contributed by atoms with E-state index in [0.717, 1.165) is 28.1 Å². The lowest BCUT2D eigenvalue weighted by Gasteiger charge is -2.01. The van der Waals surface area contributed by atoms with Crippen molar-refractivity contribution in [2.45, 2.75) is 0 Å². The van der Waals surface area contributed by atoms with E-state index in [1.165, 1.54) is 6.08 Å². The van der Waals surface area contributed by atoms with Crippen molar-refractivity contribution in [2.75, 3.05) is 0 Å². The van der Waals surface area contributed by atoms with Crippen molar-refractivity contribution in [1.82, 2.24) is 4.57 Å². The molecule has 0 aliphatic carbocycles. The molecule has 0 saturated carbocycles. The highest BCUT2D eigenvalue weighted by Gasteiger charge is 2.13. The molecular weight excluding hydrogens is 238 g/mol. The average Bonchev–Trinajstić information content (AvgIpc) is 2.80. The summed E-state index contributed by atoms with van der Waals surface area (Å²) >= 11 is 0. The van der Waals surface area contributed by atoms with Crippen LogP contribution in [0.1, 0.15) is 15.2 Å². The van der Waals surface area contributed by atoms with Crippen LogP contribution in [0.15, 0.2) is 55.1 Å². The Morgan fingerprint density at radius 3 is 2.53 bits per heavy atom. The Kier molecular flexibility index (Phi) is 2.53. The molecule has 0 atom stereocenters. The number of aromatic nitrogens is 1. The van der Waals surface area contributed by atoms with Crippen molar-refractivity contribution in [3.05, 3.63) is 60.7 Å². The minimum absolute atomic E-state index is 0.176. The molecule has 0 aliphatic rings. The van der Waals surface area contributed by atoms with Gasteiger partial charge in [0.1, 0.15) is 6.29 Å². The van der Waals surface area contributed by atoms with E-state index >= 15 is 0 Å². The van der Waals surface area contributed by atoms with Crippen molar-refractivity contribution in [3.63, 3.8) is 0 Å². The molecule has 0 N–H and O–H groups in total. The van der Waals surface area contributed by atoms with Crippen LogP contribution in [-0.2, 0) is 0 Å². The highest BCUT2D eigenvalue weighted by atomic mass is 16.1. The monoisotopic (exact) mass is 249 g/mol. The second kappa shape index (κ2) is 4.21. The highest BCUT2D eigenvalue weighted by Crippen LogP contribution is 2.29. The topological polar surface area (TPSA) is 39.1 Å². The number of aldehydes is 1. The minimum Gasteiger partial charge on any atom is -0.298 e. The number of nitrogens with zero attached hydrogens (tertiary/aromatic N) is 1. The Balaban J connectivity index is 2.54. The van der Waals surface area contributed by atoms with Crippen LogP contribution >= 0.6 is 0 Å². The summed E-state index contributed by atoms with van der Waals surface area (Å²) in [5.41, 5.74) is 2.21. The first kappa shape index (κ1) is 11.4. The molecule has 2 aromatic carbocycles.